The normalized spacial score (nSPS) is 31.7. The molecule has 2 saturated heterocycles. The van der Waals surface area contributed by atoms with Crippen LogP contribution in [0, 0.1) is 11.3 Å². The van der Waals surface area contributed by atoms with Crippen molar-refractivity contribution >= 4 is 0 Å². The molecule has 3 aliphatic rings. The predicted molar refractivity (Wildman–Crippen MR) is 65.5 cm³/mol. The Morgan fingerprint density at radius 3 is 2.06 bits per heavy atom. The summed E-state index contributed by atoms with van der Waals surface area (Å²) in [6.07, 6.45) is 6.80. The van der Waals surface area contributed by atoms with Gasteiger partial charge in [0.2, 0.25) is 0 Å². The van der Waals surface area contributed by atoms with Crippen molar-refractivity contribution in [3.8, 4) is 0 Å². The van der Waals surface area contributed by atoms with Gasteiger partial charge in [0.1, 0.15) is 0 Å². The van der Waals surface area contributed by atoms with Crippen LogP contribution in [0.1, 0.15) is 46.0 Å². The lowest BCUT2D eigenvalue weighted by molar-refractivity contribution is -0.173. The predicted octanol–water partition coefficient (Wildman–Crippen LogP) is 2.68. The Hall–Kier alpha value is -0.0800. The van der Waals surface area contributed by atoms with E-state index in [1.165, 1.54) is 51.7 Å². The standard InChI is InChI=1S/C14H25NO/c1-12(2)13(3-4-13)11-15-8-5-14(6-9-15)7-10-16-14/h12H,3-11H2,1-2H3. The molecule has 2 aliphatic heterocycles. The number of likely N-dealkylation sites (tertiary alicyclic amines) is 1. The number of hydrogen-bond donors (Lipinski definition) is 0. The van der Waals surface area contributed by atoms with Gasteiger partial charge < -0.3 is 9.64 Å². The minimum absolute atomic E-state index is 0.324. The molecule has 2 nitrogen and oxygen atoms in total. The lowest BCUT2D eigenvalue weighted by Gasteiger charge is -2.48. The third-order valence-electron chi connectivity index (χ3n) is 5.39. The Balaban J connectivity index is 1.51. The first-order chi connectivity index (χ1) is 7.64. The van der Waals surface area contributed by atoms with Gasteiger partial charge in [0, 0.05) is 19.6 Å². The second kappa shape index (κ2) is 3.71. The Labute approximate surface area is 99.3 Å². The molecule has 3 fully saturated rings. The van der Waals surface area contributed by atoms with E-state index in [1.807, 2.05) is 0 Å². The van der Waals surface area contributed by atoms with E-state index < -0.39 is 0 Å². The third-order valence-corrected chi connectivity index (χ3v) is 5.39. The molecule has 0 N–H and O–H groups in total. The minimum Gasteiger partial charge on any atom is -0.375 e. The van der Waals surface area contributed by atoms with Gasteiger partial charge in [-0.15, -0.1) is 0 Å². The molecule has 0 aromatic carbocycles. The maximum absolute atomic E-state index is 5.77. The maximum Gasteiger partial charge on any atom is 0.0728 e. The molecule has 0 bridgehead atoms. The zero-order chi connectivity index (χ0) is 11.2. The summed E-state index contributed by atoms with van der Waals surface area (Å²) in [5.41, 5.74) is 1.01. The first-order valence-corrected chi connectivity index (χ1v) is 7.01. The molecule has 1 aliphatic carbocycles. The molecule has 1 spiro atoms. The van der Waals surface area contributed by atoms with E-state index in [4.69, 9.17) is 4.74 Å². The molecular weight excluding hydrogens is 198 g/mol. The lowest BCUT2D eigenvalue weighted by Crippen LogP contribution is -2.53. The molecule has 2 heterocycles. The first-order valence-electron chi connectivity index (χ1n) is 7.01. The Morgan fingerprint density at radius 2 is 1.69 bits per heavy atom. The van der Waals surface area contributed by atoms with Crippen molar-refractivity contribution in [3.05, 3.63) is 0 Å². The molecule has 3 rings (SSSR count). The third kappa shape index (κ3) is 1.80. The van der Waals surface area contributed by atoms with Gasteiger partial charge in [-0.2, -0.15) is 0 Å². The zero-order valence-electron chi connectivity index (χ0n) is 10.8. The second-order valence-corrected chi connectivity index (χ2v) is 6.57. The monoisotopic (exact) mass is 223 g/mol. The smallest absolute Gasteiger partial charge is 0.0728 e. The van der Waals surface area contributed by atoms with Crippen molar-refractivity contribution < 1.29 is 4.74 Å². The summed E-state index contributed by atoms with van der Waals surface area (Å²) in [6.45, 7) is 9.70. The Bertz CT molecular complexity index is 256. The van der Waals surface area contributed by atoms with Crippen molar-refractivity contribution in [1.82, 2.24) is 4.90 Å². The number of ether oxygens (including phenoxy) is 1. The van der Waals surface area contributed by atoms with Gasteiger partial charge in [-0.05, 0) is 43.4 Å². The maximum atomic E-state index is 5.77. The zero-order valence-corrected chi connectivity index (χ0v) is 10.8. The summed E-state index contributed by atoms with van der Waals surface area (Å²) in [5, 5.41) is 0. The summed E-state index contributed by atoms with van der Waals surface area (Å²) in [5.74, 6) is 0.864. The van der Waals surface area contributed by atoms with Crippen LogP contribution in [0.15, 0.2) is 0 Å². The van der Waals surface area contributed by atoms with Gasteiger partial charge in [-0.1, -0.05) is 13.8 Å². The summed E-state index contributed by atoms with van der Waals surface area (Å²) in [6, 6.07) is 0. The Morgan fingerprint density at radius 1 is 1.06 bits per heavy atom. The van der Waals surface area contributed by atoms with Crippen LogP contribution in [-0.2, 0) is 4.74 Å². The largest absolute Gasteiger partial charge is 0.375 e. The number of nitrogens with zero attached hydrogens (tertiary/aromatic N) is 1. The van der Waals surface area contributed by atoms with Gasteiger partial charge in [0.05, 0.1) is 12.2 Å². The van der Waals surface area contributed by atoms with E-state index in [9.17, 15) is 0 Å². The number of rotatable bonds is 3. The van der Waals surface area contributed by atoms with Crippen LogP contribution in [0.2, 0.25) is 0 Å². The SMILES string of the molecule is CC(C)C1(CN2CCC3(CCO3)CC2)CC1. The van der Waals surface area contributed by atoms with Gasteiger partial charge >= 0.3 is 0 Å². The fourth-order valence-corrected chi connectivity index (χ4v) is 3.43. The fourth-order valence-electron chi connectivity index (χ4n) is 3.43. The topological polar surface area (TPSA) is 12.5 Å². The molecule has 0 unspecified atom stereocenters. The molecule has 92 valence electrons. The van der Waals surface area contributed by atoms with Gasteiger partial charge in [0.25, 0.3) is 0 Å². The van der Waals surface area contributed by atoms with Crippen molar-refractivity contribution in [3.63, 3.8) is 0 Å². The average molecular weight is 223 g/mol. The van der Waals surface area contributed by atoms with Crippen LogP contribution in [-0.4, -0.2) is 36.7 Å². The molecule has 0 aromatic heterocycles. The van der Waals surface area contributed by atoms with Gasteiger partial charge in [-0.3, -0.25) is 0 Å². The molecule has 0 aromatic rings. The number of hydrogen-bond acceptors (Lipinski definition) is 2. The highest BCUT2D eigenvalue weighted by molar-refractivity contribution is 5.00. The summed E-state index contributed by atoms with van der Waals surface area (Å²) < 4.78 is 5.77. The van der Waals surface area contributed by atoms with Gasteiger partial charge in [-0.25, -0.2) is 0 Å². The number of piperidine rings is 1. The quantitative estimate of drug-likeness (QED) is 0.729. The van der Waals surface area contributed by atoms with Crippen molar-refractivity contribution in [2.24, 2.45) is 11.3 Å². The van der Waals surface area contributed by atoms with Crippen LogP contribution in [0.4, 0.5) is 0 Å². The van der Waals surface area contributed by atoms with E-state index >= 15 is 0 Å². The Kier molecular flexibility index (Phi) is 2.56. The van der Waals surface area contributed by atoms with Crippen LogP contribution in [0.25, 0.3) is 0 Å². The van der Waals surface area contributed by atoms with E-state index in [-0.39, 0.29) is 0 Å². The second-order valence-electron chi connectivity index (χ2n) is 6.57. The lowest BCUT2D eigenvalue weighted by atomic mass is 9.83. The highest BCUT2D eigenvalue weighted by atomic mass is 16.5. The molecule has 0 radical (unpaired) electrons. The van der Waals surface area contributed by atoms with Crippen molar-refractivity contribution in [2.45, 2.75) is 51.6 Å². The van der Waals surface area contributed by atoms with Crippen LogP contribution in [0.5, 0.6) is 0 Å². The molecular formula is C14H25NO. The van der Waals surface area contributed by atoms with E-state index in [2.05, 4.69) is 18.7 Å². The van der Waals surface area contributed by atoms with E-state index in [1.54, 1.807) is 0 Å². The average Bonchev–Trinajstić information content (AvgIpc) is 2.98. The van der Waals surface area contributed by atoms with E-state index in [0.717, 1.165) is 12.5 Å². The summed E-state index contributed by atoms with van der Waals surface area (Å²) in [4.78, 5) is 2.69. The van der Waals surface area contributed by atoms with Crippen LogP contribution >= 0.6 is 0 Å². The molecule has 2 heteroatoms. The van der Waals surface area contributed by atoms with E-state index in [0.29, 0.717) is 11.0 Å². The molecule has 16 heavy (non-hydrogen) atoms. The van der Waals surface area contributed by atoms with Crippen molar-refractivity contribution in [1.29, 1.82) is 0 Å². The first kappa shape index (κ1) is 11.0. The highest BCUT2D eigenvalue weighted by Crippen LogP contribution is 2.52. The fraction of sp³-hybridized carbons (Fsp3) is 1.00. The van der Waals surface area contributed by atoms with Crippen molar-refractivity contribution in [2.75, 3.05) is 26.2 Å². The van der Waals surface area contributed by atoms with Crippen LogP contribution < -0.4 is 0 Å². The van der Waals surface area contributed by atoms with Gasteiger partial charge in [0.15, 0.2) is 0 Å². The molecule has 0 amide bonds. The summed E-state index contributed by atoms with van der Waals surface area (Å²) in [7, 11) is 0. The highest BCUT2D eigenvalue weighted by Gasteiger charge is 2.48. The molecule has 1 saturated carbocycles. The molecule has 0 atom stereocenters. The summed E-state index contributed by atoms with van der Waals surface area (Å²) >= 11 is 0. The minimum atomic E-state index is 0.324. The van der Waals surface area contributed by atoms with Crippen LogP contribution in [0.3, 0.4) is 0 Å².